The highest BCUT2D eigenvalue weighted by atomic mass is 32.2. The van der Waals surface area contributed by atoms with Crippen LogP contribution < -0.4 is 4.72 Å². The first kappa shape index (κ1) is 19.4. The molecule has 0 radical (unpaired) electrons. The summed E-state index contributed by atoms with van der Waals surface area (Å²) < 4.78 is 32.9. The van der Waals surface area contributed by atoms with E-state index in [1.165, 1.54) is 0 Å². The van der Waals surface area contributed by atoms with Gasteiger partial charge in [0.15, 0.2) is 8.32 Å². The van der Waals surface area contributed by atoms with Crippen molar-refractivity contribution in [3.63, 3.8) is 0 Å². The van der Waals surface area contributed by atoms with E-state index in [0.29, 0.717) is 24.5 Å². The smallest absolute Gasteiger partial charge is 0.240 e. The van der Waals surface area contributed by atoms with Crippen molar-refractivity contribution in [1.29, 1.82) is 0 Å². The summed E-state index contributed by atoms with van der Waals surface area (Å²) >= 11 is 0. The Balaban J connectivity index is 2.43. The number of nitrogens with one attached hydrogen (secondary N) is 1. The number of sulfonamides is 1. The van der Waals surface area contributed by atoms with Crippen LogP contribution in [0.5, 0.6) is 0 Å². The van der Waals surface area contributed by atoms with Crippen LogP contribution in [0.15, 0.2) is 29.2 Å². The Labute approximate surface area is 136 Å². The Morgan fingerprint density at radius 2 is 1.68 bits per heavy atom. The molecule has 4 nitrogen and oxygen atoms in total. The molecule has 0 aliphatic heterocycles. The molecule has 0 heterocycles. The molecule has 1 aromatic carbocycles. The molecule has 22 heavy (non-hydrogen) atoms. The van der Waals surface area contributed by atoms with Gasteiger partial charge < -0.3 is 4.43 Å². The molecule has 0 unspecified atom stereocenters. The molecule has 1 N–H and O–H groups in total. The molecule has 1 rings (SSSR count). The first-order valence-electron chi connectivity index (χ1n) is 7.66. The average Bonchev–Trinajstić information content (AvgIpc) is 2.37. The lowest BCUT2D eigenvalue weighted by atomic mass is 10.2. The second-order valence-electron chi connectivity index (χ2n) is 7.17. The molecule has 0 aliphatic rings. The minimum Gasteiger partial charge on any atom is -0.417 e. The first-order chi connectivity index (χ1) is 9.96. The number of hydrogen-bond acceptors (Lipinski definition) is 3. The van der Waals surface area contributed by atoms with Gasteiger partial charge in [-0.25, -0.2) is 13.1 Å². The van der Waals surface area contributed by atoms with E-state index in [0.717, 1.165) is 5.56 Å². The molecule has 0 amide bonds. The normalized spacial score (nSPS) is 13.4. The van der Waals surface area contributed by atoms with Crippen LogP contribution in [0, 0.1) is 6.92 Å². The predicted octanol–water partition coefficient (Wildman–Crippen LogP) is 3.69. The highest BCUT2D eigenvalue weighted by Gasteiger charge is 2.36. The Hall–Kier alpha value is -0.693. The van der Waals surface area contributed by atoms with Gasteiger partial charge in [0.25, 0.3) is 0 Å². The molecule has 0 saturated carbocycles. The van der Waals surface area contributed by atoms with E-state index in [4.69, 9.17) is 4.43 Å². The second-order valence-corrected chi connectivity index (χ2v) is 13.7. The monoisotopic (exact) mass is 343 g/mol. The molecule has 0 aliphatic carbocycles. The quantitative estimate of drug-likeness (QED) is 0.607. The van der Waals surface area contributed by atoms with Crippen LogP contribution in [-0.4, -0.2) is 29.9 Å². The number of aryl methyl sites for hydroxylation is 1. The summed E-state index contributed by atoms with van der Waals surface area (Å²) in [4.78, 5) is 0.309. The summed E-state index contributed by atoms with van der Waals surface area (Å²) in [7, 11) is -5.16. The van der Waals surface area contributed by atoms with Crippen molar-refractivity contribution in [3.05, 3.63) is 29.8 Å². The van der Waals surface area contributed by atoms with Gasteiger partial charge in [0.2, 0.25) is 10.0 Å². The van der Waals surface area contributed by atoms with Gasteiger partial charge in [-0.05, 0) is 43.6 Å². The lowest BCUT2D eigenvalue weighted by Crippen LogP contribution is -2.41. The fourth-order valence-electron chi connectivity index (χ4n) is 1.62. The molecule has 6 heteroatoms. The number of hydrogen-bond donors (Lipinski definition) is 1. The molecule has 0 aromatic heterocycles. The van der Waals surface area contributed by atoms with Crippen LogP contribution in [0.1, 0.15) is 32.8 Å². The molecular weight excluding hydrogens is 314 g/mol. The van der Waals surface area contributed by atoms with Crippen LogP contribution in [0.3, 0.4) is 0 Å². The van der Waals surface area contributed by atoms with E-state index in [2.05, 4.69) is 38.6 Å². The van der Waals surface area contributed by atoms with Gasteiger partial charge in [0.05, 0.1) is 4.90 Å². The van der Waals surface area contributed by atoms with Gasteiger partial charge in [-0.15, -0.1) is 0 Å². The van der Waals surface area contributed by atoms with E-state index < -0.39 is 18.3 Å². The number of benzene rings is 1. The van der Waals surface area contributed by atoms with Crippen molar-refractivity contribution in [2.75, 3.05) is 13.2 Å². The second kappa shape index (κ2) is 7.25. The van der Waals surface area contributed by atoms with Gasteiger partial charge in [-0.3, -0.25) is 0 Å². The minimum absolute atomic E-state index is 0.175. The van der Waals surface area contributed by atoms with Crippen molar-refractivity contribution >= 4 is 18.3 Å². The third-order valence-corrected chi connectivity index (χ3v) is 10.2. The average molecular weight is 344 g/mol. The lowest BCUT2D eigenvalue weighted by molar-refractivity contribution is 0.283. The van der Waals surface area contributed by atoms with E-state index in [-0.39, 0.29) is 5.04 Å². The lowest BCUT2D eigenvalue weighted by Gasteiger charge is -2.36. The summed E-state index contributed by atoms with van der Waals surface area (Å²) in [5.41, 5.74) is 1.04. The van der Waals surface area contributed by atoms with Crippen molar-refractivity contribution in [1.82, 2.24) is 4.72 Å². The van der Waals surface area contributed by atoms with Crippen LogP contribution >= 0.6 is 0 Å². The van der Waals surface area contributed by atoms with Crippen molar-refractivity contribution in [3.8, 4) is 0 Å². The Morgan fingerprint density at radius 1 is 1.14 bits per heavy atom. The standard InChI is InChI=1S/C16H29NO3SSi/c1-14-8-10-15(11-9-14)21(18,19)17-12-7-13-20-22(5,6)16(2,3)4/h8-11,17H,7,12-13H2,1-6H3. The first-order valence-corrected chi connectivity index (χ1v) is 12.1. The summed E-state index contributed by atoms with van der Waals surface area (Å²) in [6.07, 6.45) is 0.678. The molecule has 0 atom stereocenters. The zero-order valence-corrected chi connectivity index (χ0v) is 16.4. The molecular formula is C16H29NO3SSi. The van der Waals surface area contributed by atoms with Gasteiger partial charge in [0.1, 0.15) is 0 Å². The summed E-state index contributed by atoms with van der Waals surface area (Å²) in [6.45, 7) is 13.9. The van der Waals surface area contributed by atoms with Crippen molar-refractivity contribution < 1.29 is 12.8 Å². The molecule has 0 bridgehead atoms. The predicted molar refractivity (Wildman–Crippen MR) is 94.1 cm³/mol. The van der Waals surface area contributed by atoms with Crippen LogP contribution in [0.25, 0.3) is 0 Å². The SMILES string of the molecule is Cc1ccc(S(=O)(=O)NCCCO[Si](C)(C)C(C)(C)C)cc1. The van der Waals surface area contributed by atoms with Crippen molar-refractivity contribution in [2.45, 2.75) is 57.1 Å². The molecule has 0 fully saturated rings. The fraction of sp³-hybridized carbons (Fsp3) is 0.625. The van der Waals surface area contributed by atoms with E-state index in [1.807, 2.05) is 6.92 Å². The fourth-order valence-corrected chi connectivity index (χ4v) is 3.79. The van der Waals surface area contributed by atoms with Gasteiger partial charge >= 0.3 is 0 Å². The highest BCUT2D eigenvalue weighted by Crippen LogP contribution is 2.36. The maximum absolute atomic E-state index is 12.1. The third-order valence-electron chi connectivity index (χ3n) is 4.21. The van der Waals surface area contributed by atoms with E-state index in [1.54, 1.807) is 24.3 Å². The summed E-state index contributed by atoms with van der Waals surface area (Å²) in [5, 5.41) is 0.175. The summed E-state index contributed by atoms with van der Waals surface area (Å²) in [5.74, 6) is 0. The zero-order valence-electron chi connectivity index (χ0n) is 14.6. The van der Waals surface area contributed by atoms with E-state index in [9.17, 15) is 8.42 Å². The Morgan fingerprint density at radius 3 is 2.18 bits per heavy atom. The van der Waals surface area contributed by atoms with Crippen LogP contribution in [0.4, 0.5) is 0 Å². The molecule has 126 valence electrons. The maximum Gasteiger partial charge on any atom is 0.240 e. The molecule has 0 saturated heterocycles. The largest absolute Gasteiger partial charge is 0.417 e. The molecule has 1 aromatic rings. The highest BCUT2D eigenvalue weighted by molar-refractivity contribution is 7.89. The Bertz CT molecular complexity index is 574. The molecule has 0 spiro atoms. The third kappa shape index (κ3) is 5.50. The number of rotatable bonds is 7. The van der Waals surface area contributed by atoms with E-state index >= 15 is 0 Å². The van der Waals surface area contributed by atoms with Crippen LogP contribution in [-0.2, 0) is 14.4 Å². The zero-order chi connectivity index (χ0) is 17.0. The van der Waals surface area contributed by atoms with Crippen LogP contribution in [0.2, 0.25) is 18.1 Å². The van der Waals surface area contributed by atoms with Gasteiger partial charge in [-0.1, -0.05) is 38.5 Å². The topological polar surface area (TPSA) is 55.4 Å². The maximum atomic E-state index is 12.1. The van der Waals surface area contributed by atoms with Gasteiger partial charge in [-0.2, -0.15) is 0 Å². The van der Waals surface area contributed by atoms with Crippen molar-refractivity contribution in [2.24, 2.45) is 0 Å². The van der Waals surface area contributed by atoms with Gasteiger partial charge in [0, 0.05) is 13.2 Å². The summed E-state index contributed by atoms with van der Waals surface area (Å²) in [6, 6.07) is 6.86. The Kier molecular flexibility index (Phi) is 6.38. The minimum atomic E-state index is -3.42.